The summed E-state index contributed by atoms with van der Waals surface area (Å²) >= 11 is 1.33. The highest BCUT2D eigenvalue weighted by molar-refractivity contribution is 7.99. The highest BCUT2D eigenvalue weighted by Gasteiger charge is 2.11. The standard InChI is InChI=1S/C7H13NO4S/c1-12-6(9)2-3-13-4-5(8)7(10)11/h5H,2-4,8H2,1H3,(H,10,11)/t5-/m0/s1. The number of carboxylic acid groups (broad SMARTS) is 1. The van der Waals surface area contributed by atoms with Gasteiger partial charge >= 0.3 is 11.9 Å². The van der Waals surface area contributed by atoms with Crippen LogP contribution in [-0.2, 0) is 14.3 Å². The Bertz CT molecular complexity index is 185. The molecule has 0 aliphatic rings. The normalized spacial score (nSPS) is 12.2. The van der Waals surface area contributed by atoms with Crippen LogP contribution in [0.3, 0.4) is 0 Å². The predicted octanol–water partition coefficient (Wildman–Crippen LogP) is -0.305. The van der Waals surface area contributed by atoms with Crippen LogP contribution in [0.5, 0.6) is 0 Å². The van der Waals surface area contributed by atoms with Crippen molar-refractivity contribution in [3.63, 3.8) is 0 Å². The molecule has 0 radical (unpaired) electrons. The van der Waals surface area contributed by atoms with E-state index in [9.17, 15) is 9.59 Å². The summed E-state index contributed by atoms with van der Waals surface area (Å²) in [7, 11) is 1.32. The van der Waals surface area contributed by atoms with Gasteiger partial charge in [-0.25, -0.2) is 0 Å². The third-order valence-corrected chi connectivity index (χ3v) is 2.38. The van der Waals surface area contributed by atoms with Crippen LogP contribution < -0.4 is 5.73 Å². The third kappa shape index (κ3) is 6.41. The van der Waals surface area contributed by atoms with Crippen LogP contribution in [0.2, 0.25) is 0 Å². The topological polar surface area (TPSA) is 89.6 Å². The van der Waals surface area contributed by atoms with Crippen molar-refractivity contribution in [1.29, 1.82) is 0 Å². The molecule has 0 aliphatic carbocycles. The molecule has 6 heteroatoms. The molecule has 5 nitrogen and oxygen atoms in total. The predicted molar refractivity (Wildman–Crippen MR) is 49.6 cm³/mol. The fourth-order valence-electron chi connectivity index (χ4n) is 0.539. The number of methoxy groups -OCH3 is 1. The Kier molecular flexibility index (Phi) is 6.34. The van der Waals surface area contributed by atoms with Crippen molar-refractivity contribution in [2.45, 2.75) is 12.5 Å². The fraction of sp³-hybridized carbons (Fsp3) is 0.714. The summed E-state index contributed by atoms with van der Waals surface area (Å²) in [4.78, 5) is 20.9. The molecule has 0 rings (SSSR count). The van der Waals surface area contributed by atoms with Gasteiger partial charge in [-0.3, -0.25) is 9.59 Å². The third-order valence-electron chi connectivity index (χ3n) is 1.29. The Morgan fingerprint density at radius 1 is 1.62 bits per heavy atom. The average molecular weight is 207 g/mol. The van der Waals surface area contributed by atoms with Crippen molar-refractivity contribution in [1.82, 2.24) is 0 Å². The van der Waals surface area contributed by atoms with E-state index in [0.29, 0.717) is 11.5 Å². The van der Waals surface area contributed by atoms with Crippen molar-refractivity contribution < 1.29 is 19.4 Å². The molecular weight excluding hydrogens is 194 g/mol. The fourth-order valence-corrected chi connectivity index (χ4v) is 1.41. The van der Waals surface area contributed by atoms with Gasteiger partial charge in [-0.15, -0.1) is 0 Å². The molecule has 0 amide bonds. The lowest BCUT2D eigenvalue weighted by atomic mass is 10.4. The van der Waals surface area contributed by atoms with Crippen molar-refractivity contribution in [2.75, 3.05) is 18.6 Å². The van der Waals surface area contributed by atoms with E-state index < -0.39 is 12.0 Å². The van der Waals surface area contributed by atoms with E-state index >= 15 is 0 Å². The Morgan fingerprint density at radius 2 is 2.23 bits per heavy atom. The summed E-state index contributed by atoms with van der Waals surface area (Å²) in [6.07, 6.45) is 0.285. The smallest absolute Gasteiger partial charge is 0.321 e. The van der Waals surface area contributed by atoms with Crippen LogP contribution in [0.4, 0.5) is 0 Å². The molecule has 0 saturated carbocycles. The van der Waals surface area contributed by atoms with Crippen molar-refractivity contribution in [2.24, 2.45) is 5.73 Å². The molecule has 3 N–H and O–H groups in total. The second-order valence-corrected chi connectivity index (χ2v) is 3.50. The van der Waals surface area contributed by atoms with E-state index in [2.05, 4.69) is 4.74 Å². The maximum absolute atomic E-state index is 10.6. The number of thioether (sulfide) groups is 1. The number of carbonyl (C=O) groups excluding carboxylic acids is 1. The van der Waals surface area contributed by atoms with E-state index in [4.69, 9.17) is 10.8 Å². The molecule has 0 aromatic heterocycles. The van der Waals surface area contributed by atoms with E-state index in [0.717, 1.165) is 0 Å². The number of nitrogens with two attached hydrogens (primary N) is 1. The highest BCUT2D eigenvalue weighted by Crippen LogP contribution is 2.04. The minimum absolute atomic E-state index is 0.285. The minimum atomic E-state index is -1.02. The molecule has 0 saturated heterocycles. The zero-order chi connectivity index (χ0) is 10.3. The quantitative estimate of drug-likeness (QED) is 0.459. The van der Waals surface area contributed by atoms with Gasteiger partial charge in [0.1, 0.15) is 6.04 Å². The SMILES string of the molecule is COC(=O)CCSC[C@H](N)C(=O)O. The number of rotatable bonds is 6. The molecule has 0 bridgehead atoms. The number of ether oxygens (including phenoxy) is 1. The van der Waals surface area contributed by atoms with Gasteiger partial charge in [-0.2, -0.15) is 11.8 Å². The molecule has 13 heavy (non-hydrogen) atoms. The Morgan fingerprint density at radius 3 is 2.69 bits per heavy atom. The molecule has 0 aromatic rings. The molecule has 76 valence electrons. The lowest BCUT2D eigenvalue weighted by Crippen LogP contribution is -2.32. The Hall–Kier alpha value is -0.750. The Balaban J connectivity index is 3.35. The van der Waals surface area contributed by atoms with Crippen LogP contribution in [0, 0.1) is 0 Å². The second kappa shape index (κ2) is 6.73. The first-order chi connectivity index (χ1) is 6.07. The number of carbonyl (C=O) groups is 2. The molecule has 0 fully saturated rings. The minimum Gasteiger partial charge on any atom is -0.480 e. The van der Waals surface area contributed by atoms with E-state index in [1.807, 2.05) is 0 Å². The first kappa shape index (κ1) is 12.2. The van der Waals surface area contributed by atoms with Crippen LogP contribution in [0.15, 0.2) is 0 Å². The first-order valence-electron chi connectivity index (χ1n) is 3.71. The Labute approximate surface area is 80.6 Å². The monoisotopic (exact) mass is 207 g/mol. The van der Waals surface area contributed by atoms with E-state index in [-0.39, 0.29) is 12.4 Å². The van der Waals surface area contributed by atoms with Crippen LogP contribution in [0.1, 0.15) is 6.42 Å². The van der Waals surface area contributed by atoms with Gasteiger partial charge in [0.2, 0.25) is 0 Å². The van der Waals surface area contributed by atoms with Gasteiger partial charge in [0.15, 0.2) is 0 Å². The maximum Gasteiger partial charge on any atom is 0.321 e. The van der Waals surface area contributed by atoms with Crippen LogP contribution in [-0.4, -0.2) is 41.7 Å². The first-order valence-corrected chi connectivity index (χ1v) is 4.86. The van der Waals surface area contributed by atoms with Gasteiger partial charge in [-0.1, -0.05) is 0 Å². The van der Waals surface area contributed by atoms with Gasteiger partial charge in [0, 0.05) is 11.5 Å². The molecule has 0 aliphatic heterocycles. The zero-order valence-corrected chi connectivity index (χ0v) is 8.17. The highest BCUT2D eigenvalue weighted by atomic mass is 32.2. The molecule has 0 spiro atoms. The van der Waals surface area contributed by atoms with Crippen molar-refractivity contribution in [3.05, 3.63) is 0 Å². The summed E-state index contributed by atoms with van der Waals surface area (Å²) in [5, 5.41) is 8.41. The summed E-state index contributed by atoms with van der Waals surface area (Å²) in [5.74, 6) is -0.470. The van der Waals surface area contributed by atoms with Gasteiger partial charge in [0.05, 0.1) is 13.5 Å². The van der Waals surface area contributed by atoms with Crippen LogP contribution >= 0.6 is 11.8 Å². The van der Waals surface area contributed by atoms with E-state index in [1.165, 1.54) is 18.9 Å². The van der Waals surface area contributed by atoms with Gasteiger partial charge < -0.3 is 15.6 Å². The van der Waals surface area contributed by atoms with Crippen LogP contribution in [0.25, 0.3) is 0 Å². The average Bonchev–Trinajstić information content (AvgIpc) is 2.11. The number of hydrogen-bond donors (Lipinski definition) is 2. The lowest BCUT2D eigenvalue weighted by Gasteiger charge is -2.04. The summed E-state index contributed by atoms with van der Waals surface area (Å²) < 4.78 is 4.40. The number of carboxylic acids is 1. The lowest BCUT2D eigenvalue weighted by molar-refractivity contribution is -0.140. The van der Waals surface area contributed by atoms with Crippen molar-refractivity contribution in [3.8, 4) is 0 Å². The molecule has 0 unspecified atom stereocenters. The zero-order valence-electron chi connectivity index (χ0n) is 7.36. The molecular formula is C7H13NO4S. The van der Waals surface area contributed by atoms with Gasteiger partial charge in [-0.05, 0) is 0 Å². The molecule has 1 atom stereocenters. The number of hydrogen-bond acceptors (Lipinski definition) is 5. The summed E-state index contributed by atoms with van der Waals surface area (Å²) in [6, 6.07) is -0.859. The number of aliphatic carboxylic acids is 1. The van der Waals surface area contributed by atoms with E-state index in [1.54, 1.807) is 0 Å². The largest absolute Gasteiger partial charge is 0.480 e. The maximum atomic E-state index is 10.6. The number of esters is 1. The second-order valence-electron chi connectivity index (χ2n) is 2.35. The van der Waals surface area contributed by atoms with Crippen molar-refractivity contribution >= 4 is 23.7 Å². The molecule has 0 aromatic carbocycles. The van der Waals surface area contributed by atoms with Gasteiger partial charge in [0.25, 0.3) is 0 Å². The summed E-state index contributed by atoms with van der Waals surface area (Å²) in [6.45, 7) is 0. The molecule has 0 heterocycles. The summed E-state index contributed by atoms with van der Waals surface area (Å²) in [5.41, 5.74) is 5.23.